The van der Waals surface area contributed by atoms with Gasteiger partial charge in [0.2, 0.25) is 0 Å². The van der Waals surface area contributed by atoms with Crippen LogP contribution in [0.15, 0.2) is 72.8 Å². The number of likely N-dealkylation sites (N-methyl/N-ethyl adjacent to an activating group) is 1. The monoisotopic (exact) mass is 456 g/mol. The summed E-state index contributed by atoms with van der Waals surface area (Å²) in [5, 5.41) is 0. The fourth-order valence-electron chi connectivity index (χ4n) is 4.76. The molecule has 0 aromatic heterocycles. The molecular weight excluding hydrogens is 420 g/mol. The van der Waals surface area contributed by atoms with Crippen molar-refractivity contribution in [3.8, 4) is 5.75 Å². The molecule has 0 spiro atoms. The molecule has 1 amide bonds. The standard InChI is InChI=1S/C30H36N2O2/c1-21(2)31(5)30(33)23(4)34-27-15-14-25-16-17-32(20-24-11-9-10-22(3)18-24)29(28(25)19-27)26-12-7-6-8-13-26/h6-15,18-19,21,23,29H,16-17,20H2,1-5H3. The van der Waals surface area contributed by atoms with Crippen LogP contribution in [-0.4, -0.2) is 41.4 Å². The average molecular weight is 457 g/mol. The zero-order chi connectivity index (χ0) is 24.2. The number of hydrogen-bond donors (Lipinski definition) is 0. The number of nitrogens with zero attached hydrogens (tertiary/aromatic N) is 2. The Morgan fingerprint density at radius 2 is 1.79 bits per heavy atom. The predicted octanol–water partition coefficient (Wildman–Crippen LogP) is 5.78. The summed E-state index contributed by atoms with van der Waals surface area (Å²) in [6.07, 6.45) is 0.461. The summed E-state index contributed by atoms with van der Waals surface area (Å²) in [5.74, 6) is 0.739. The highest BCUT2D eigenvalue weighted by Gasteiger charge is 2.30. The fraction of sp³-hybridized carbons (Fsp3) is 0.367. The van der Waals surface area contributed by atoms with E-state index in [-0.39, 0.29) is 18.0 Å². The van der Waals surface area contributed by atoms with Gasteiger partial charge >= 0.3 is 0 Å². The largest absolute Gasteiger partial charge is 0.481 e. The number of rotatable bonds is 7. The Kier molecular flexibility index (Phi) is 7.38. The Morgan fingerprint density at radius 1 is 1.03 bits per heavy atom. The van der Waals surface area contributed by atoms with Crippen molar-refractivity contribution in [1.29, 1.82) is 0 Å². The van der Waals surface area contributed by atoms with Gasteiger partial charge in [0.15, 0.2) is 6.10 Å². The minimum atomic E-state index is -0.535. The second-order valence-corrected chi connectivity index (χ2v) is 9.69. The molecular formula is C30H36N2O2. The van der Waals surface area contributed by atoms with Gasteiger partial charge in [-0.05, 0) is 68.5 Å². The zero-order valence-corrected chi connectivity index (χ0v) is 21.0. The molecule has 0 bridgehead atoms. The summed E-state index contributed by atoms with van der Waals surface area (Å²) < 4.78 is 6.16. The number of aryl methyl sites for hydroxylation is 1. The second kappa shape index (κ2) is 10.4. The molecule has 1 heterocycles. The maximum absolute atomic E-state index is 12.7. The molecule has 4 rings (SSSR count). The van der Waals surface area contributed by atoms with Gasteiger partial charge in [0.25, 0.3) is 5.91 Å². The topological polar surface area (TPSA) is 32.8 Å². The van der Waals surface area contributed by atoms with Crippen molar-refractivity contribution < 1.29 is 9.53 Å². The maximum atomic E-state index is 12.7. The molecule has 2 unspecified atom stereocenters. The third-order valence-corrected chi connectivity index (χ3v) is 6.81. The number of amides is 1. The van der Waals surface area contributed by atoms with Crippen molar-refractivity contribution in [2.24, 2.45) is 0 Å². The first-order valence-corrected chi connectivity index (χ1v) is 12.2. The van der Waals surface area contributed by atoms with Gasteiger partial charge in [-0.15, -0.1) is 0 Å². The molecule has 4 heteroatoms. The quantitative estimate of drug-likeness (QED) is 0.452. The van der Waals surface area contributed by atoms with Gasteiger partial charge in [-0.2, -0.15) is 0 Å². The smallest absolute Gasteiger partial charge is 0.263 e. The zero-order valence-electron chi connectivity index (χ0n) is 21.0. The van der Waals surface area contributed by atoms with Gasteiger partial charge in [-0.1, -0.05) is 66.2 Å². The summed E-state index contributed by atoms with van der Waals surface area (Å²) in [7, 11) is 1.83. The molecule has 0 N–H and O–H groups in total. The van der Waals surface area contributed by atoms with Crippen LogP contribution in [0, 0.1) is 6.92 Å². The van der Waals surface area contributed by atoms with Crippen molar-refractivity contribution in [2.45, 2.75) is 58.8 Å². The Morgan fingerprint density at radius 3 is 2.50 bits per heavy atom. The molecule has 0 saturated carbocycles. The van der Waals surface area contributed by atoms with E-state index < -0.39 is 6.10 Å². The van der Waals surface area contributed by atoms with E-state index in [4.69, 9.17) is 4.74 Å². The van der Waals surface area contributed by atoms with Gasteiger partial charge in [0.1, 0.15) is 5.75 Å². The summed E-state index contributed by atoms with van der Waals surface area (Å²) in [5.41, 5.74) is 6.50. The molecule has 3 aromatic carbocycles. The Balaban J connectivity index is 1.65. The number of ether oxygens (including phenoxy) is 1. The number of hydrogen-bond acceptors (Lipinski definition) is 3. The highest BCUT2D eigenvalue weighted by Crippen LogP contribution is 2.38. The van der Waals surface area contributed by atoms with Crippen LogP contribution in [0.3, 0.4) is 0 Å². The molecule has 0 fully saturated rings. The molecule has 178 valence electrons. The average Bonchev–Trinajstić information content (AvgIpc) is 2.83. The summed E-state index contributed by atoms with van der Waals surface area (Å²) >= 11 is 0. The molecule has 3 aromatic rings. The number of carbonyl (C=O) groups is 1. The molecule has 1 aliphatic heterocycles. The van der Waals surface area contributed by atoms with Crippen LogP contribution in [-0.2, 0) is 17.8 Å². The lowest BCUT2D eigenvalue weighted by molar-refractivity contribution is -0.138. The lowest BCUT2D eigenvalue weighted by atomic mass is 9.87. The van der Waals surface area contributed by atoms with E-state index in [2.05, 4.69) is 78.6 Å². The summed E-state index contributed by atoms with van der Waals surface area (Å²) in [4.78, 5) is 17.0. The predicted molar refractivity (Wildman–Crippen MR) is 138 cm³/mol. The molecule has 0 aliphatic carbocycles. The first kappa shape index (κ1) is 24.0. The van der Waals surface area contributed by atoms with Crippen LogP contribution >= 0.6 is 0 Å². The third-order valence-electron chi connectivity index (χ3n) is 6.81. The van der Waals surface area contributed by atoms with E-state index >= 15 is 0 Å². The van der Waals surface area contributed by atoms with Gasteiger partial charge in [0.05, 0.1) is 6.04 Å². The minimum Gasteiger partial charge on any atom is -0.481 e. The number of carbonyl (C=O) groups excluding carboxylic acids is 1. The van der Waals surface area contributed by atoms with Crippen molar-refractivity contribution in [2.75, 3.05) is 13.6 Å². The van der Waals surface area contributed by atoms with Crippen LogP contribution in [0.25, 0.3) is 0 Å². The van der Waals surface area contributed by atoms with Gasteiger partial charge in [-0.25, -0.2) is 0 Å². The van der Waals surface area contributed by atoms with Crippen LogP contribution in [0.2, 0.25) is 0 Å². The van der Waals surface area contributed by atoms with Crippen molar-refractivity contribution in [3.63, 3.8) is 0 Å². The van der Waals surface area contributed by atoms with E-state index in [1.165, 1.54) is 27.8 Å². The van der Waals surface area contributed by atoms with E-state index in [1.807, 2.05) is 33.9 Å². The number of benzene rings is 3. The Hall–Kier alpha value is -3.11. The minimum absolute atomic E-state index is 0.00611. The number of fused-ring (bicyclic) bond motifs is 1. The molecule has 4 nitrogen and oxygen atoms in total. The van der Waals surface area contributed by atoms with E-state index in [1.54, 1.807) is 4.90 Å². The SMILES string of the molecule is Cc1cccc(CN2CCc3ccc(OC(C)C(=O)N(C)C(C)C)cc3C2c2ccccc2)c1. The molecule has 1 aliphatic rings. The second-order valence-electron chi connectivity index (χ2n) is 9.69. The van der Waals surface area contributed by atoms with Crippen molar-refractivity contribution in [1.82, 2.24) is 9.80 Å². The van der Waals surface area contributed by atoms with E-state index in [9.17, 15) is 4.79 Å². The van der Waals surface area contributed by atoms with Gasteiger partial charge in [-0.3, -0.25) is 9.69 Å². The Labute approximate surface area is 204 Å². The first-order chi connectivity index (χ1) is 16.3. The lowest BCUT2D eigenvalue weighted by Crippen LogP contribution is -2.41. The van der Waals surface area contributed by atoms with E-state index in [0.29, 0.717) is 0 Å². The fourth-order valence-corrected chi connectivity index (χ4v) is 4.76. The molecule has 0 saturated heterocycles. The molecule has 34 heavy (non-hydrogen) atoms. The normalized spacial score (nSPS) is 16.7. The first-order valence-electron chi connectivity index (χ1n) is 12.2. The highest BCUT2D eigenvalue weighted by molar-refractivity contribution is 5.80. The highest BCUT2D eigenvalue weighted by atomic mass is 16.5. The van der Waals surface area contributed by atoms with Crippen molar-refractivity contribution in [3.05, 3.63) is 101 Å². The van der Waals surface area contributed by atoms with E-state index in [0.717, 1.165) is 25.3 Å². The molecule has 2 atom stereocenters. The van der Waals surface area contributed by atoms with Crippen LogP contribution in [0.4, 0.5) is 0 Å². The van der Waals surface area contributed by atoms with Crippen LogP contribution in [0.1, 0.15) is 54.6 Å². The van der Waals surface area contributed by atoms with Gasteiger partial charge < -0.3 is 9.64 Å². The maximum Gasteiger partial charge on any atom is 0.263 e. The van der Waals surface area contributed by atoms with Crippen LogP contribution < -0.4 is 4.74 Å². The third kappa shape index (κ3) is 5.34. The lowest BCUT2D eigenvalue weighted by Gasteiger charge is -2.38. The van der Waals surface area contributed by atoms with Gasteiger partial charge in [0, 0.05) is 26.2 Å². The van der Waals surface area contributed by atoms with Crippen molar-refractivity contribution >= 4 is 5.91 Å². The summed E-state index contributed by atoms with van der Waals surface area (Å²) in [6.45, 7) is 9.88. The summed E-state index contributed by atoms with van der Waals surface area (Å²) in [6, 6.07) is 26.1. The van der Waals surface area contributed by atoms with Crippen LogP contribution in [0.5, 0.6) is 5.75 Å². The molecule has 0 radical (unpaired) electrons. The Bertz CT molecular complexity index is 1130.